The minimum atomic E-state index is -0.194. The molecule has 1 aromatic carbocycles. The molecule has 0 aliphatic carbocycles. The van der Waals surface area contributed by atoms with Gasteiger partial charge in [-0.15, -0.1) is 0 Å². The molecular formula is C10H7ClN2O. The summed E-state index contributed by atoms with van der Waals surface area (Å²) in [6.07, 6.45) is 1.85. The number of hydrogen-bond donors (Lipinski definition) is 2. The first-order chi connectivity index (χ1) is 6.75. The third-order valence-corrected chi connectivity index (χ3v) is 2.76. The summed E-state index contributed by atoms with van der Waals surface area (Å²) in [6, 6.07) is 5.27. The smallest absolute Gasteiger partial charge is 0.251 e. The highest BCUT2D eigenvalue weighted by Gasteiger charge is 2.35. The molecule has 1 amide bonds. The SMILES string of the molecule is O=C1Nc2ccc(Cl)cc2C2=CNC12. The Morgan fingerprint density at radius 1 is 1.36 bits per heavy atom. The van der Waals surface area contributed by atoms with Crippen molar-refractivity contribution in [3.05, 3.63) is 35.0 Å². The van der Waals surface area contributed by atoms with Crippen LogP contribution < -0.4 is 10.6 Å². The molecule has 3 nitrogen and oxygen atoms in total. The number of carbonyl (C=O) groups excluding carboxylic acids is 1. The number of anilines is 1. The Morgan fingerprint density at radius 2 is 2.21 bits per heavy atom. The van der Waals surface area contributed by atoms with Crippen molar-refractivity contribution in [2.45, 2.75) is 6.04 Å². The Bertz CT molecular complexity index is 467. The van der Waals surface area contributed by atoms with E-state index < -0.39 is 0 Å². The fourth-order valence-corrected chi connectivity index (χ4v) is 1.94. The second-order valence-electron chi connectivity index (χ2n) is 3.38. The monoisotopic (exact) mass is 206 g/mol. The number of nitrogens with one attached hydrogen (secondary N) is 2. The topological polar surface area (TPSA) is 41.1 Å². The summed E-state index contributed by atoms with van der Waals surface area (Å²) in [7, 11) is 0. The summed E-state index contributed by atoms with van der Waals surface area (Å²) >= 11 is 5.89. The molecule has 70 valence electrons. The molecule has 2 N–H and O–H groups in total. The lowest BCUT2D eigenvalue weighted by Crippen LogP contribution is -2.48. The maximum absolute atomic E-state index is 11.5. The zero-order chi connectivity index (χ0) is 9.71. The van der Waals surface area contributed by atoms with Gasteiger partial charge in [-0.3, -0.25) is 4.79 Å². The number of hydrogen-bond acceptors (Lipinski definition) is 2. The molecular weight excluding hydrogens is 200 g/mol. The lowest BCUT2D eigenvalue weighted by atomic mass is 9.89. The van der Waals surface area contributed by atoms with Crippen molar-refractivity contribution in [1.29, 1.82) is 0 Å². The third kappa shape index (κ3) is 0.902. The van der Waals surface area contributed by atoms with Crippen LogP contribution in [0.4, 0.5) is 5.69 Å². The quantitative estimate of drug-likeness (QED) is 0.677. The molecule has 1 aromatic rings. The van der Waals surface area contributed by atoms with Gasteiger partial charge in [-0.05, 0) is 18.2 Å². The standard InChI is InChI=1S/C10H7ClN2O/c11-5-1-2-8-6(3-5)7-4-12-9(7)10(14)13-8/h1-4,9,12H,(H,13,14). The summed E-state index contributed by atoms with van der Waals surface area (Å²) in [5, 5.41) is 6.44. The Labute approximate surface area is 85.8 Å². The predicted molar refractivity (Wildman–Crippen MR) is 55.0 cm³/mol. The van der Waals surface area contributed by atoms with E-state index in [1.54, 1.807) is 6.07 Å². The van der Waals surface area contributed by atoms with Gasteiger partial charge in [0.05, 0.1) is 0 Å². The van der Waals surface area contributed by atoms with Crippen LogP contribution in [0, 0.1) is 0 Å². The predicted octanol–water partition coefficient (Wildman–Crippen LogP) is 1.60. The molecule has 2 aliphatic heterocycles. The van der Waals surface area contributed by atoms with Crippen LogP contribution in [0.5, 0.6) is 0 Å². The molecule has 1 unspecified atom stereocenters. The van der Waals surface area contributed by atoms with Crippen LogP contribution in [-0.2, 0) is 4.79 Å². The van der Waals surface area contributed by atoms with Crippen LogP contribution >= 0.6 is 11.6 Å². The zero-order valence-corrected chi connectivity index (χ0v) is 7.93. The van der Waals surface area contributed by atoms with Gasteiger partial charge in [0.1, 0.15) is 6.04 Å². The van der Waals surface area contributed by atoms with Crippen molar-refractivity contribution in [2.75, 3.05) is 5.32 Å². The largest absolute Gasteiger partial charge is 0.376 e. The normalized spacial score (nSPS) is 22.2. The second-order valence-corrected chi connectivity index (χ2v) is 3.81. The fraction of sp³-hybridized carbons (Fsp3) is 0.100. The molecule has 0 spiro atoms. The first-order valence-corrected chi connectivity index (χ1v) is 4.70. The molecule has 0 radical (unpaired) electrons. The molecule has 0 saturated carbocycles. The maximum Gasteiger partial charge on any atom is 0.251 e. The highest BCUT2D eigenvalue weighted by Crippen LogP contribution is 2.36. The van der Waals surface area contributed by atoms with E-state index in [4.69, 9.17) is 11.6 Å². The van der Waals surface area contributed by atoms with Gasteiger partial charge in [0, 0.05) is 28.0 Å². The van der Waals surface area contributed by atoms with Gasteiger partial charge in [0.15, 0.2) is 0 Å². The van der Waals surface area contributed by atoms with Crippen molar-refractivity contribution in [1.82, 2.24) is 5.32 Å². The number of halogens is 1. The summed E-state index contributed by atoms with van der Waals surface area (Å²) in [6.45, 7) is 0. The highest BCUT2D eigenvalue weighted by molar-refractivity contribution is 6.31. The van der Waals surface area contributed by atoms with E-state index in [-0.39, 0.29) is 11.9 Å². The molecule has 2 aliphatic rings. The minimum Gasteiger partial charge on any atom is -0.376 e. The molecule has 0 aromatic heterocycles. The molecule has 1 atom stereocenters. The van der Waals surface area contributed by atoms with Crippen molar-refractivity contribution >= 4 is 28.8 Å². The van der Waals surface area contributed by atoms with Crippen LogP contribution in [0.2, 0.25) is 5.02 Å². The van der Waals surface area contributed by atoms with E-state index in [1.165, 1.54) is 0 Å². The molecule has 3 rings (SSSR count). The first kappa shape index (κ1) is 7.88. The summed E-state index contributed by atoms with van der Waals surface area (Å²) < 4.78 is 0. The molecule has 14 heavy (non-hydrogen) atoms. The van der Waals surface area contributed by atoms with Crippen molar-refractivity contribution in [2.24, 2.45) is 0 Å². The van der Waals surface area contributed by atoms with Gasteiger partial charge in [-0.2, -0.15) is 0 Å². The summed E-state index contributed by atoms with van der Waals surface area (Å²) in [5.41, 5.74) is 2.87. The van der Waals surface area contributed by atoms with Gasteiger partial charge >= 0.3 is 0 Å². The number of amides is 1. The van der Waals surface area contributed by atoms with Gasteiger partial charge in [-0.1, -0.05) is 11.6 Å². The second kappa shape index (κ2) is 2.51. The lowest BCUT2D eigenvalue weighted by molar-refractivity contribution is -0.117. The van der Waals surface area contributed by atoms with E-state index in [0.717, 1.165) is 16.8 Å². The Balaban J connectivity index is 2.21. The van der Waals surface area contributed by atoms with Crippen LogP contribution in [0.25, 0.3) is 5.57 Å². The molecule has 2 heterocycles. The minimum absolute atomic E-state index is 0.00248. The average molecular weight is 207 g/mol. The first-order valence-electron chi connectivity index (χ1n) is 4.32. The molecule has 4 heteroatoms. The average Bonchev–Trinajstić information content (AvgIpc) is 2.06. The van der Waals surface area contributed by atoms with Gasteiger partial charge in [0.2, 0.25) is 0 Å². The van der Waals surface area contributed by atoms with E-state index in [1.807, 2.05) is 18.3 Å². The molecule has 0 saturated heterocycles. The Kier molecular flexibility index (Phi) is 1.42. The van der Waals surface area contributed by atoms with Crippen molar-refractivity contribution < 1.29 is 4.79 Å². The van der Waals surface area contributed by atoms with E-state index >= 15 is 0 Å². The van der Waals surface area contributed by atoms with E-state index in [0.29, 0.717) is 5.02 Å². The summed E-state index contributed by atoms with van der Waals surface area (Å²) in [4.78, 5) is 11.5. The number of fused-ring (bicyclic) bond motifs is 3. The molecule has 0 bridgehead atoms. The van der Waals surface area contributed by atoms with Crippen molar-refractivity contribution in [3.63, 3.8) is 0 Å². The lowest BCUT2D eigenvalue weighted by Gasteiger charge is -2.34. The number of benzene rings is 1. The van der Waals surface area contributed by atoms with Crippen molar-refractivity contribution in [3.8, 4) is 0 Å². The van der Waals surface area contributed by atoms with Gasteiger partial charge in [0.25, 0.3) is 5.91 Å². The zero-order valence-electron chi connectivity index (χ0n) is 7.17. The summed E-state index contributed by atoms with van der Waals surface area (Å²) in [5.74, 6) is -0.00248. The number of carbonyl (C=O) groups is 1. The van der Waals surface area contributed by atoms with Gasteiger partial charge < -0.3 is 10.6 Å². The fourth-order valence-electron chi connectivity index (χ4n) is 1.77. The van der Waals surface area contributed by atoms with Crippen LogP contribution in [0.3, 0.4) is 0 Å². The van der Waals surface area contributed by atoms with Gasteiger partial charge in [-0.25, -0.2) is 0 Å². The van der Waals surface area contributed by atoms with Crippen LogP contribution in [0.15, 0.2) is 24.4 Å². The number of rotatable bonds is 0. The Morgan fingerprint density at radius 3 is 2.93 bits per heavy atom. The van der Waals surface area contributed by atoms with E-state index in [9.17, 15) is 4.79 Å². The van der Waals surface area contributed by atoms with Crippen LogP contribution in [0.1, 0.15) is 5.56 Å². The Hall–Kier alpha value is -1.48. The van der Waals surface area contributed by atoms with Crippen LogP contribution in [-0.4, -0.2) is 11.9 Å². The maximum atomic E-state index is 11.5. The highest BCUT2D eigenvalue weighted by atomic mass is 35.5. The van der Waals surface area contributed by atoms with E-state index in [2.05, 4.69) is 10.6 Å². The third-order valence-electron chi connectivity index (χ3n) is 2.53. The molecule has 0 fully saturated rings.